The lowest BCUT2D eigenvalue weighted by molar-refractivity contribution is 1.16. The van der Waals surface area contributed by atoms with Gasteiger partial charge in [0.15, 0.2) is 0 Å². The fourth-order valence-electron chi connectivity index (χ4n) is 6.43. The summed E-state index contributed by atoms with van der Waals surface area (Å²) in [4.78, 5) is 3.62. The third-order valence-corrected chi connectivity index (χ3v) is 9.75. The Morgan fingerprint density at radius 1 is 0.587 bits per heavy atom. The molecule has 8 rings (SSSR count). The van der Waals surface area contributed by atoms with Crippen molar-refractivity contribution >= 4 is 50.5 Å². The second-order valence-electron chi connectivity index (χ2n) is 11.5. The SMILES string of the molecule is C=C1/C=C\C=C(\N(c2ccccc2)c2ccc(-c3ccc4c(c3)c3ccccc3n4-c3ccccc3)cc2)CSc2ccccc21. The number of allylic oxidation sites excluding steroid dienone is 4. The summed E-state index contributed by atoms with van der Waals surface area (Å²) < 4.78 is 2.36. The molecule has 0 spiro atoms. The Morgan fingerprint density at radius 3 is 2.07 bits per heavy atom. The summed E-state index contributed by atoms with van der Waals surface area (Å²) in [6.45, 7) is 4.33. The van der Waals surface area contributed by atoms with Crippen LogP contribution in [0.3, 0.4) is 0 Å². The van der Waals surface area contributed by atoms with Crippen molar-refractivity contribution in [2.75, 3.05) is 10.7 Å². The van der Waals surface area contributed by atoms with Crippen LogP contribution in [0.5, 0.6) is 0 Å². The average Bonchev–Trinajstić information content (AvgIpc) is 3.48. The number of fused-ring (bicyclic) bond motifs is 4. The molecule has 0 N–H and O–H groups in total. The van der Waals surface area contributed by atoms with Gasteiger partial charge < -0.3 is 9.47 Å². The first kappa shape index (κ1) is 28.0. The lowest BCUT2D eigenvalue weighted by atomic mass is 10.0. The average molecular weight is 609 g/mol. The van der Waals surface area contributed by atoms with E-state index in [-0.39, 0.29) is 0 Å². The molecule has 0 saturated heterocycles. The Labute approximate surface area is 274 Å². The Bertz CT molecular complexity index is 2260. The molecule has 220 valence electrons. The molecule has 1 aliphatic rings. The molecule has 0 fully saturated rings. The van der Waals surface area contributed by atoms with Crippen LogP contribution in [-0.2, 0) is 0 Å². The van der Waals surface area contributed by atoms with Crippen molar-refractivity contribution < 1.29 is 0 Å². The van der Waals surface area contributed by atoms with Crippen LogP contribution in [0.15, 0.2) is 187 Å². The molecule has 0 bridgehead atoms. The van der Waals surface area contributed by atoms with E-state index in [4.69, 9.17) is 0 Å². The number of anilines is 2. The van der Waals surface area contributed by atoms with Gasteiger partial charge in [-0.25, -0.2) is 0 Å². The standard InChI is InChI=1S/C43H32N2S/c1-31-13-12-18-37(30-46-43-22-11-9-19-38(31)43)44(34-14-4-2-5-15-34)36-26-23-32(24-27-36)33-25-28-42-40(29-33)39-20-8-10-21-41(39)45(42)35-16-6-3-7-17-35/h2-29H,1,30H2/b13-12-,37-18+. The second-order valence-corrected chi connectivity index (χ2v) is 12.5. The number of nitrogens with zero attached hydrogens (tertiary/aromatic N) is 2. The second kappa shape index (κ2) is 12.1. The smallest absolute Gasteiger partial charge is 0.0541 e. The lowest BCUT2D eigenvalue weighted by Gasteiger charge is -2.28. The van der Waals surface area contributed by atoms with Gasteiger partial charge in [0.05, 0.1) is 11.0 Å². The molecule has 6 aromatic carbocycles. The van der Waals surface area contributed by atoms with Crippen LogP contribution >= 0.6 is 11.8 Å². The van der Waals surface area contributed by atoms with E-state index in [9.17, 15) is 0 Å². The minimum Gasteiger partial charge on any atom is -0.313 e. The van der Waals surface area contributed by atoms with Crippen molar-refractivity contribution in [3.05, 3.63) is 188 Å². The summed E-state index contributed by atoms with van der Waals surface area (Å²) in [5.74, 6) is 0.827. The predicted octanol–water partition coefficient (Wildman–Crippen LogP) is 11.8. The highest BCUT2D eigenvalue weighted by atomic mass is 32.2. The summed E-state index contributed by atoms with van der Waals surface area (Å²) >= 11 is 1.86. The Hall–Kier alpha value is -5.51. The third kappa shape index (κ3) is 5.15. The molecule has 0 atom stereocenters. The van der Waals surface area contributed by atoms with Crippen molar-refractivity contribution in [3.8, 4) is 16.8 Å². The molecule has 0 amide bonds. The summed E-state index contributed by atoms with van der Waals surface area (Å²) in [5, 5.41) is 2.52. The maximum absolute atomic E-state index is 4.33. The number of hydrogen-bond donors (Lipinski definition) is 0. The van der Waals surface area contributed by atoms with E-state index in [2.05, 4.69) is 186 Å². The fraction of sp³-hybridized carbons (Fsp3) is 0.0233. The number of aromatic nitrogens is 1. The fourth-order valence-corrected chi connectivity index (χ4v) is 7.49. The molecule has 7 aromatic rings. The van der Waals surface area contributed by atoms with Crippen molar-refractivity contribution in [2.24, 2.45) is 0 Å². The molecular weight excluding hydrogens is 577 g/mol. The zero-order valence-electron chi connectivity index (χ0n) is 25.4. The van der Waals surface area contributed by atoms with Crippen molar-refractivity contribution in [1.82, 2.24) is 4.57 Å². The van der Waals surface area contributed by atoms with Gasteiger partial charge in [0, 0.05) is 44.2 Å². The molecule has 1 aromatic heterocycles. The molecule has 0 radical (unpaired) electrons. The predicted molar refractivity (Wildman–Crippen MR) is 198 cm³/mol. The van der Waals surface area contributed by atoms with Gasteiger partial charge in [0.25, 0.3) is 0 Å². The maximum Gasteiger partial charge on any atom is 0.0541 e. The zero-order chi connectivity index (χ0) is 30.9. The van der Waals surface area contributed by atoms with Gasteiger partial charge in [-0.2, -0.15) is 0 Å². The summed E-state index contributed by atoms with van der Waals surface area (Å²) in [7, 11) is 0. The highest BCUT2D eigenvalue weighted by Crippen LogP contribution is 2.38. The zero-order valence-corrected chi connectivity index (χ0v) is 26.2. The minimum absolute atomic E-state index is 0.827. The highest BCUT2D eigenvalue weighted by molar-refractivity contribution is 7.99. The van der Waals surface area contributed by atoms with Gasteiger partial charge in [0.2, 0.25) is 0 Å². The van der Waals surface area contributed by atoms with E-state index >= 15 is 0 Å². The van der Waals surface area contributed by atoms with Gasteiger partial charge in [-0.3, -0.25) is 0 Å². The topological polar surface area (TPSA) is 8.17 Å². The van der Waals surface area contributed by atoms with E-state index in [0.29, 0.717) is 0 Å². The largest absolute Gasteiger partial charge is 0.313 e. The molecular formula is C43H32N2S. The third-order valence-electron chi connectivity index (χ3n) is 8.64. The van der Waals surface area contributed by atoms with Gasteiger partial charge in [-0.1, -0.05) is 110 Å². The Balaban J connectivity index is 1.18. The number of rotatable bonds is 5. The van der Waals surface area contributed by atoms with Crippen molar-refractivity contribution in [1.29, 1.82) is 0 Å². The first-order chi connectivity index (χ1) is 22.7. The van der Waals surface area contributed by atoms with Crippen LogP contribution in [0.4, 0.5) is 11.4 Å². The first-order valence-corrected chi connectivity index (χ1v) is 16.6. The lowest BCUT2D eigenvalue weighted by Crippen LogP contribution is -2.18. The number of thioether (sulfide) groups is 1. The molecule has 2 nitrogen and oxygen atoms in total. The van der Waals surface area contributed by atoms with Crippen LogP contribution in [-0.4, -0.2) is 10.3 Å². The monoisotopic (exact) mass is 608 g/mol. The molecule has 0 saturated carbocycles. The van der Waals surface area contributed by atoms with Gasteiger partial charge in [-0.15, -0.1) is 11.8 Å². The van der Waals surface area contributed by atoms with Crippen LogP contribution < -0.4 is 4.90 Å². The van der Waals surface area contributed by atoms with Crippen molar-refractivity contribution in [3.63, 3.8) is 0 Å². The van der Waals surface area contributed by atoms with Crippen LogP contribution in [0.1, 0.15) is 5.56 Å². The van der Waals surface area contributed by atoms with E-state index in [1.165, 1.54) is 54.8 Å². The Morgan fingerprint density at radius 2 is 1.24 bits per heavy atom. The summed E-state index contributed by atoms with van der Waals surface area (Å²) in [6, 6.07) is 54.3. The number of hydrogen-bond acceptors (Lipinski definition) is 2. The number of para-hydroxylation sites is 3. The van der Waals surface area contributed by atoms with E-state index in [1.807, 2.05) is 11.8 Å². The number of benzene rings is 6. The Kier molecular flexibility index (Phi) is 7.37. The van der Waals surface area contributed by atoms with Crippen LogP contribution in [0.2, 0.25) is 0 Å². The normalized spacial score (nSPS) is 15.0. The summed E-state index contributed by atoms with van der Waals surface area (Å²) in [6.07, 6.45) is 6.47. The molecule has 2 heterocycles. The molecule has 46 heavy (non-hydrogen) atoms. The van der Waals surface area contributed by atoms with E-state index in [1.54, 1.807) is 0 Å². The quantitative estimate of drug-likeness (QED) is 0.192. The van der Waals surface area contributed by atoms with E-state index < -0.39 is 0 Å². The van der Waals surface area contributed by atoms with E-state index in [0.717, 1.165) is 22.7 Å². The summed E-state index contributed by atoms with van der Waals surface area (Å²) in [5.41, 5.74) is 11.7. The molecule has 3 heteroatoms. The molecule has 0 unspecified atom stereocenters. The van der Waals surface area contributed by atoms with Gasteiger partial charge in [-0.05, 0) is 89.0 Å². The molecule has 0 aliphatic carbocycles. The first-order valence-electron chi connectivity index (χ1n) is 15.6. The van der Waals surface area contributed by atoms with Crippen LogP contribution in [0.25, 0.3) is 44.2 Å². The highest BCUT2D eigenvalue weighted by Gasteiger charge is 2.18. The van der Waals surface area contributed by atoms with Gasteiger partial charge in [0.1, 0.15) is 0 Å². The molecule has 1 aliphatic heterocycles. The van der Waals surface area contributed by atoms with Gasteiger partial charge >= 0.3 is 0 Å². The maximum atomic E-state index is 4.33. The minimum atomic E-state index is 0.827. The van der Waals surface area contributed by atoms with Crippen LogP contribution in [0, 0.1) is 0 Å². The van der Waals surface area contributed by atoms with Crippen molar-refractivity contribution in [2.45, 2.75) is 4.90 Å².